The second-order valence-corrected chi connectivity index (χ2v) is 12.2. The molecule has 2 aliphatic heterocycles. The van der Waals surface area contributed by atoms with Gasteiger partial charge in [0.1, 0.15) is 16.6 Å². The molecule has 1 aromatic carbocycles. The number of alkyl halides is 1. The second-order valence-electron chi connectivity index (χ2n) is 10.2. The number of aryl methyl sites for hydroxylation is 2. The smallest absolute Gasteiger partial charge is 0.331 e. The standard InChI is InChI=1S/C24H29F2N3O6S/c1-24(2,3)36(34)28-19(15-10-12-4-5-13(12)11-16(15)25)18(26)20(30)17-21(31)27-23(33)29(22(17)32)14-6-8-35-9-7-14/h10-11,14,17-19,28H,4-9H2,1-3H3,(H,27,31,33)/t17?,18-,19+,36?/m1/s1. The van der Waals surface area contributed by atoms with Gasteiger partial charge in [-0.15, -0.1) is 4.72 Å². The molecule has 3 aliphatic rings. The molecule has 2 fully saturated rings. The number of urea groups is 1. The van der Waals surface area contributed by atoms with Crippen LogP contribution in [0.25, 0.3) is 0 Å². The van der Waals surface area contributed by atoms with Crippen LogP contribution in [-0.2, 0) is 43.3 Å². The Morgan fingerprint density at radius 3 is 2.39 bits per heavy atom. The summed E-state index contributed by atoms with van der Waals surface area (Å²) in [7, 11) is 0. The molecule has 36 heavy (non-hydrogen) atoms. The van der Waals surface area contributed by atoms with Crippen molar-refractivity contribution in [2.45, 2.75) is 69.5 Å². The quantitative estimate of drug-likeness (QED) is 0.410. The number of carbonyl (C=O) groups is 4. The molecule has 4 atom stereocenters. The van der Waals surface area contributed by atoms with Gasteiger partial charge in [-0.3, -0.25) is 24.6 Å². The summed E-state index contributed by atoms with van der Waals surface area (Å²) in [5.41, 5.74) is 1.33. The van der Waals surface area contributed by atoms with E-state index in [0.29, 0.717) is 25.7 Å². The highest BCUT2D eigenvalue weighted by Crippen LogP contribution is 2.34. The van der Waals surface area contributed by atoms with Gasteiger partial charge in [0.15, 0.2) is 17.9 Å². The van der Waals surface area contributed by atoms with Crippen LogP contribution in [-0.4, -0.2) is 63.3 Å². The Hall–Kier alpha value is -2.41. The molecule has 1 aliphatic carbocycles. The fourth-order valence-corrected chi connectivity index (χ4v) is 5.33. The highest BCUT2D eigenvalue weighted by Gasteiger charge is 2.51. The number of nitrogens with one attached hydrogen (secondary N) is 2. The number of carbonyl (C=O) groups excluding carboxylic acids is 4. The number of amides is 4. The Morgan fingerprint density at radius 1 is 1.19 bits per heavy atom. The van der Waals surface area contributed by atoms with Crippen molar-refractivity contribution in [1.82, 2.24) is 14.9 Å². The van der Waals surface area contributed by atoms with Crippen molar-refractivity contribution in [1.29, 1.82) is 0 Å². The molecule has 0 aromatic heterocycles. The van der Waals surface area contributed by atoms with E-state index in [0.717, 1.165) is 16.0 Å². The topological polar surface area (TPSA) is 128 Å². The highest BCUT2D eigenvalue weighted by atomic mass is 32.2. The Morgan fingerprint density at radius 2 is 1.81 bits per heavy atom. The molecule has 2 N–H and O–H groups in total. The first-order valence-electron chi connectivity index (χ1n) is 11.8. The van der Waals surface area contributed by atoms with Crippen LogP contribution in [0.2, 0.25) is 0 Å². The Kier molecular flexibility index (Phi) is 7.52. The number of imide groups is 2. The zero-order valence-corrected chi connectivity index (χ0v) is 21.1. The molecule has 4 rings (SSSR count). The second kappa shape index (κ2) is 10.2. The molecule has 12 heteroatoms. The highest BCUT2D eigenvalue weighted by molar-refractivity contribution is 7.90. The first-order valence-corrected chi connectivity index (χ1v) is 13.0. The minimum absolute atomic E-state index is 0.215. The van der Waals surface area contributed by atoms with Gasteiger partial charge in [0.2, 0.25) is 5.91 Å². The zero-order valence-electron chi connectivity index (χ0n) is 20.3. The van der Waals surface area contributed by atoms with Gasteiger partial charge < -0.3 is 9.29 Å². The first-order chi connectivity index (χ1) is 16.9. The molecule has 196 valence electrons. The zero-order chi connectivity index (χ0) is 26.4. The van der Waals surface area contributed by atoms with Crippen LogP contribution in [0.1, 0.15) is 56.3 Å². The summed E-state index contributed by atoms with van der Waals surface area (Å²) in [6, 6.07) is -0.636. The van der Waals surface area contributed by atoms with Crippen molar-refractivity contribution in [3.05, 3.63) is 34.6 Å². The van der Waals surface area contributed by atoms with Crippen LogP contribution in [0.5, 0.6) is 0 Å². The lowest BCUT2D eigenvalue weighted by Crippen LogP contribution is -2.64. The number of halogens is 2. The molecule has 0 spiro atoms. The van der Waals surface area contributed by atoms with E-state index >= 15 is 8.78 Å². The third kappa shape index (κ3) is 5.04. The van der Waals surface area contributed by atoms with Crippen LogP contribution in [0, 0.1) is 11.7 Å². The molecular formula is C24H29F2N3O6S. The van der Waals surface area contributed by atoms with E-state index in [2.05, 4.69) is 4.72 Å². The lowest BCUT2D eigenvalue weighted by Gasteiger charge is -2.37. The monoisotopic (exact) mass is 525 g/mol. The van der Waals surface area contributed by atoms with Crippen LogP contribution in [0.4, 0.5) is 13.6 Å². The normalized spacial score (nSPS) is 23.4. The molecule has 2 saturated heterocycles. The van der Waals surface area contributed by atoms with E-state index < -0.39 is 69.7 Å². The van der Waals surface area contributed by atoms with Gasteiger partial charge in [0, 0.05) is 36.2 Å². The van der Waals surface area contributed by atoms with Crippen molar-refractivity contribution in [3.8, 4) is 0 Å². The van der Waals surface area contributed by atoms with Crippen LogP contribution < -0.4 is 10.0 Å². The molecular weight excluding hydrogens is 496 g/mol. The molecule has 4 amide bonds. The summed E-state index contributed by atoms with van der Waals surface area (Å²) in [5.74, 6) is -6.73. The van der Waals surface area contributed by atoms with Crippen LogP contribution >= 0.6 is 0 Å². The minimum atomic E-state index is -2.60. The molecule has 0 radical (unpaired) electrons. The van der Waals surface area contributed by atoms with Crippen molar-refractivity contribution in [3.63, 3.8) is 0 Å². The average Bonchev–Trinajstić information content (AvgIpc) is 2.79. The number of hydrogen-bond donors (Lipinski definition) is 2. The molecule has 2 heterocycles. The lowest BCUT2D eigenvalue weighted by atomic mass is 9.84. The van der Waals surface area contributed by atoms with E-state index in [-0.39, 0.29) is 18.8 Å². The predicted molar refractivity (Wildman–Crippen MR) is 125 cm³/mol. The number of Topliss-reactive ketones (excluding diaryl/α,β-unsaturated/α-hetero) is 1. The van der Waals surface area contributed by atoms with Gasteiger partial charge in [0.05, 0.1) is 0 Å². The van der Waals surface area contributed by atoms with Crippen molar-refractivity contribution < 1.29 is 37.2 Å². The van der Waals surface area contributed by atoms with Crippen molar-refractivity contribution in [2.75, 3.05) is 13.2 Å². The van der Waals surface area contributed by atoms with Gasteiger partial charge in [-0.05, 0) is 63.6 Å². The molecule has 0 saturated carbocycles. The number of rotatable bonds is 7. The van der Waals surface area contributed by atoms with Gasteiger partial charge in [0.25, 0.3) is 5.91 Å². The predicted octanol–water partition coefficient (Wildman–Crippen LogP) is 1.80. The summed E-state index contributed by atoms with van der Waals surface area (Å²) in [6.07, 6.45) is -0.670. The van der Waals surface area contributed by atoms with Crippen LogP contribution in [0.15, 0.2) is 12.1 Å². The Labute approximate surface area is 210 Å². The number of barbiturate groups is 1. The molecule has 1 aromatic rings. The first kappa shape index (κ1) is 26.6. The number of ether oxygens (including phenoxy) is 1. The van der Waals surface area contributed by atoms with Gasteiger partial charge in [-0.2, -0.15) is 0 Å². The Bertz CT molecular complexity index is 1090. The van der Waals surface area contributed by atoms with E-state index in [9.17, 15) is 23.7 Å². The van der Waals surface area contributed by atoms with E-state index in [4.69, 9.17) is 4.74 Å². The lowest BCUT2D eigenvalue weighted by molar-refractivity contribution is -0.151. The van der Waals surface area contributed by atoms with E-state index in [1.165, 1.54) is 12.1 Å². The SMILES string of the molecule is CC(C)(C)[S+]([O-])N[C@@H](c1cc2c(cc1F)CC2)[C@@H](F)C(=O)C1C(=O)NC(=O)N(C2CCOCC2)C1=O. The maximum atomic E-state index is 16.0. The van der Waals surface area contributed by atoms with E-state index in [1.54, 1.807) is 20.8 Å². The average molecular weight is 526 g/mol. The number of ketones is 1. The third-order valence-electron chi connectivity index (χ3n) is 6.71. The largest absolute Gasteiger partial charge is 0.598 e. The Balaban J connectivity index is 1.65. The summed E-state index contributed by atoms with van der Waals surface area (Å²) < 4.78 is 50.7. The maximum Gasteiger partial charge on any atom is 0.331 e. The summed E-state index contributed by atoms with van der Waals surface area (Å²) in [5, 5.41) is 1.97. The van der Waals surface area contributed by atoms with Crippen molar-refractivity contribution in [2.24, 2.45) is 5.92 Å². The number of benzene rings is 1. The number of fused-ring (bicyclic) bond motifs is 1. The summed E-state index contributed by atoms with van der Waals surface area (Å²) in [4.78, 5) is 52.2. The molecule has 2 unspecified atom stereocenters. The van der Waals surface area contributed by atoms with Gasteiger partial charge >= 0.3 is 6.03 Å². The maximum absolute atomic E-state index is 16.0. The fourth-order valence-electron chi connectivity index (χ4n) is 4.50. The third-order valence-corrected chi connectivity index (χ3v) is 8.29. The molecule has 9 nitrogen and oxygen atoms in total. The van der Waals surface area contributed by atoms with Crippen molar-refractivity contribution >= 4 is 35.0 Å². The number of nitrogens with zero attached hydrogens (tertiary/aromatic N) is 1. The van der Waals surface area contributed by atoms with E-state index in [1.807, 2.05) is 5.32 Å². The van der Waals surface area contributed by atoms with Crippen LogP contribution in [0.3, 0.4) is 0 Å². The minimum Gasteiger partial charge on any atom is -0.598 e. The number of hydrogen-bond acceptors (Lipinski definition) is 7. The van der Waals surface area contributed by atoms with Gasteiger partial charge in [-0.1, -0.05) is 6.07 Å². The van der Waals surface area contributed by atoms with Gasteiger partial charge in [-0.25, -0.2) is 13.6 Å². The molecule has 0 bridgehead atoms. The summed E-state index contributed by atoms with van der Waals surface area (Å²) in [6.45, 7) is 5.41. The fraction of sp³-hybridized carbons (Fsp3) is 0.583. The summed E-state index contributed by atoms with van der Waals surface area (Å²) >= 11 is -1.92.